The number of carbonyl (C=O) groups is 2. The van der Waals surface area contributed by atoms with Crippen LogP contribution in [-0.4, -0.2) is 30.2 Å². The van der Waals surface area contributed by atoms with E-state index in [1.807, 2.05) is 11.9 Å². The van der Waals surface area contributed by atoms with Crippen LogP contribution in [0.2, 0.25) is 0 Å². The molecule has 3 nitrogen and oxygen atoms in total. The first-order valence-corrected chi connectivity index (χ1v) is 6.91. The maximum atomic E-state index is 12.1. The van der Waals surface area contributed by atoms with Gasteiger partial charge in [0.2, 0.25) is 5.91 Å². The molecule has 2 rings (SSSR count). The largest absolute Gasteiger partial charge is 0.343 e. The van der Waals surface area contributed by atoms with Crippen LogP contribution in [0, 0.1) is 11.8 Å². The summed E-state index contributed by atoms with van der Waals surface area (Å²) in [6, 6.07) is 0.508. The Morgan fingerprint density at radius 1 is 1.18 bits per heavy atom. The number of carbonyl (C=O) groups excluding carboxylic acids is 2. The zero-order valence-electron chi connectivity index (χ0n) is 10.7. The standard InChI is InChI=1S/C14H23NO2/c1-15(13-3-2-4-13)14(17)9-11-5-7-12(10-16)8-6-11/h10-13H,2-9H2,1H3. The molecule has 96 valence electrons. The monoisotopic (exact) mass is 237 g/mol. The van der Waals surface area contributed by atoms with Crippen molar-refractivity contribution in [3.05, 3.63) is 0 Å². The molecule has 3 heteroatoms. The molecule has 2 aliphatic rings. The summed E-state index contributed by atoms with van der Waals surface area (Å²) in [7, 11) is 1.95. The first-order valence-electron chi connectivity index (χ1n) is 6.91. The Labute approximate surface area is 104 Å². The van der Waals surface area contributed by atoms with Crippen molar-refractivity contribution in [2.75, 3.05) is 7.05 Å². The second-order valence-electron chi connectivity index (χ2n) is 5.71. The molecule has 0 aromatic heterocycles. The third-order valence-corrected chi connectivity index (χ3v) is 4.56. The van der Waals surface area contributed by atoms with E-state index in [1.54, 1.807) is 0 Å². The number of rotatable bonds is 4. The summed E-state index contributed by atoms with van der Waals surface area (Å²) >= 11 is 0. The zero-order chi connectivity index (χ0) is 12.3. The van der Waals surface area contributed by atoms with Gasteiger partial charge in [-0.3, -0.25) is 4.79 Å². The van der Waals surface area contributed by atoms with Crippen LogP contribution in [0.3, 0.4) is 0 Å². The number of aldehydes is 1. The Bertz CT molecular complexity index is 278. The molecular weight excluding hydrogens is 214 g/mol. The van der Waals surface area contributed by atoms with Crippen molar-refractivity contribution in [2.45, 2.75) is 57.4 Å². The van der Waals surface area contributed by atoms with E-state index in [0.717, 1.165) is 32.0 Å². The average Bonchev–Trinajstić information content (AvgIpc) is 2.27. The summed E-state index contributed by atoms with van der Waals surface area (Å²) in [6.07, 6.45) is 9.47. The summed E-state index contributed by atoms with van der Waals surface area (Å²) in [6.45, 7) is 0. The van der Waals surface area contributed by atoms with Gasteiger partial charge in [0.1, 0.15) is 6.29 Å². The smallest absolute Gasteiger partial charge is 0.222 e. The minimum Gasteiger partial charge on any atom is -0.343 e. The van der Waals surface area contributed by atoms with E-state index in [9.17, 15) is 9.59 Å². The molecule has 2 fully saturated rings. The molecule has 17 heavy (non-hydrogen) atoms. The van der Waals surface area contributed by atoms with E-state index < -0.39 is 0 Å². The predicted molar refractivity (Wildman–Crippen MR) is 66.5 cm³/mol. The Kier molecular flexibility index (Phi) is 4.19. The van der Waals surface area contributed by atoms with Crippen LogP contribution in [-0.2, 0) is 9.59 Å². The minimum atomic E-state index is 0.255. The number of nitrogens with zero attached hydrogens (tertiary/aromatic N) is 1. The normalized spacial score (nSPS) is 29.5. The second-order valence-corrected chi connectivity index (χ2v) is 5.71. The van der Waals surface area contributed by atoms with Crippen LogP contribution in [0.5, 0.6) is 0 Å². The van der Waals surface area contributed by atoms with Gasteiger partial charge in [-0.2, -0.15) is 0 Å². The van der Waals surface area contributed by atoms with Gasteiger partial charge in [0.25, 0.3) is 0 Å². The summed E-state index contributed by atoms with van der Waals surface area (Å²) < 4.78 is 0. The molecule has 0 heterocycles. The van der Waals surface area contributed by atoms with Crippen LogP contribution in [0.15, 0.2) is 0 Å². The molecule has 0 N–H and O–H groups in total. The molecule has 2 saturated carbocycles. The quantitative estimate of drug-likeness (QED) is 0.704. The summed E-state index contributed by atoms with van der Waals surface area (Å²) in [5, 5.41) is 0. The molecule has 0 aliphatic heterocycles. The topological polar surface area (TPSA) is 37.4 Å². The van der Waals surface area contributed by atoms with Crippen molar-refractivity contribution < 1.29 is 9.59 Å². The van der Waals surface area contributed by atoms with Crippen molar-refractivity contribution in [2.24, 2.45) is 11.8 Å². The van der Waals surface area contributed by atoms with Gasteiger partial charge in [-0.25, -0.2) is 0 Å². The van der Waals surface area contributed by atoms with Crippen molar-refractivity contribution in [1.82, 2.24) is 4.90 Å². The third kappa shape index (κ3) is 3.08. The van der Waals surface area contributed by atoms with Crippen molar-refractivity contribution in [3.63, 3.8) is 0 Å². The van der Waals surface area contributed by atoms with E-state index in [0.29, 0.717) is 24.3 Å². The number of amides is 1. The lowest BCUT2D eigenvalue weighted by Crippen LogP contribution is -2.42. The molecule has 0 atom stereocenters. The molecule has 0 saturated heterocycles. The number of hydrogen-bond acceptors (Lipinski definition) is 2. The molecule has 2 aliphatic carbocycles. The van der Waals surface area contributed by atoms with Crippen LogP contribution in [0.1, 0.15) is 51.4 Å². The van der Waals surface area contributed by atoms with E-state index in [1.165, 1.54) is 19.3 Å². The highest BCUT2D eigenvalue weighted by Crippen LogP contribution is 2.31. The zero-order valence-corrected chi connectivity index (χ0v) is 10.7. The summed E-state index contributed by atoms with van der Waals surface area (Å²) in [5.74, 6) is 1.08. The molecule has 0 unspecified atom stereocenters. The van der Waals surface area contributed by atoms with Gasteiger partial charge < -0.3 is 9.69 Å². The predicted octanol–water partition coefficient (Wildman–Crippen LogP) is 2.39. The molecule has 0 spiro atoms. The van der Waals surface area contributed by atoms with E-state index in [-0.39, 0.29) is 5.92 Å². The molecule has 0 radical (unpaired) electrons. The Balaban J connectivity index is 1.73. The van der Waals surface area contributed by atoms with Gasteiger partial charge in [0.15, 0.2) is 0 Å². The van der Waals surface area contributed by atoms with Gasteiger partial charge in [-0.05, 0) is 50.9 Å². The van der Waals surface area contributed by atoms with Gasteiger partial charge in [-0.1, -0.05) is 0 Å². The summed E-state index contributed by atoms with van der Waals surface area (Å²) in [5.41, 5.74) is 0. The first kappa shape index (κ1) is 12.6. The fourth-order valence-electron chi connectivity index (χ4n) is 2.90. The highest BCUT2D eigenvalue weighted by Gasteiger charge is 2.28. The fourth-order valence-corrected chi connectivity index (χ4v) is 2.90. The van der Waals surface area contributed by atoms with Crippen LogP contribution in [0.25, 0.3) is 0 Å². The molecule has 0 aromatic carbocycles. The SMILES string of the molecule is CN(C(=O)CC1CCC(C=O)CC1)C1CCC1. The highest BCUT2D eigenvalue weighted by molar-refractivity contribution is 5.76. The maximum Gasteiger partial charge on any atom is 0.222 e. The lowest BCUT2D eigenvalue weighted by atomic mass is 9.81. The van der Waals surface area contributed by atoms with Crippen LogP contribution < -0.4 is 0 Å². The molecular formula is C14H23NO2. The third-order valence-electron chi connectivity index (χ3n) is 4.56. The van der Waals surface area contributed by atoms with Crippen molar-refractivity contribution >= 4 is 12.2 Å². The van der Waals surface area contributed by atoms with Gasteiger partial charge in [0, 0.05) is 25.4 Å². The first-order chi connectivity index (χ1) is 8.20. The Morgan fingerprint density at radius 2 is 1.82 bits per heavy atom. The van der Waals surface area contributed by atoms with Gasteiger partial charge in [-0.15, -0.1) is 0 Å². The van der Waals surface area contributed by atoms with Crippen molar-refractivity contribution in [3.8, 4) is 0 Å². The fraction of sp³-hybridized carbons (Fsp3) is 0.857. The summed E-state index contributed by atoms with van der Waals surface area (Å²) in [4.78, 5) is 24.7. The Hall–Kier alpha value is -0.860. The van der Waals surface area contributed by atoms with Crippen LogP contribution in [0.4, 0.5) is 0 Å². The lowest BCUT2D eigenvalue weighted by Gasteiger charge is -2.36. The van der Waals surface area contributed by atoms with E-state index >= 15 is 0 Å². The average molecular weight is 237 g/mol. The number of hydrogen-bond donors (Lipinski definition) is 0. The minimum absolute atomic E-state index is 0.255. The van der Waals surface area contributed by atoms with E-state index in [2.05, 4.69) is 0 Å². The van der Waals surface area contributed by atoms with E-state index in [4.69, 9.17) is 0 Å². The Morgan fingerprint density at radius 3 is 2.29 bits per heavy atom. The van der Waals surface area contributed by atoms with Crippen LogP contribution >= 0.6 is 0 Å². The second kappa shape index (κ2) is 5.65. The van der Waals surface area contributed by atoms with Gasteiger partial charge >= 0.3 is 0 Å². The highest BCUT2D eigenvalue weighted by atomic mass is 16.2. The molecule has 0 bridgehead atoms. The van der Waals surface area contributed by atoms with Gasteiger partial charge in [0.05, 0.1) is 0 Å². The maximum absolute atomic E-state index is 12.1. The molecule has 1 amide bonds. The molecule has 0 aromatic rings. The van der Waals surface area contributed by atoms with Crippen molar-refractivity contribution in [1.29, 1.82) is 0 Å². The lowest BCUT2D eigenvalue weighted by molar-refractivity contribution is -0.134.